The minimum atomic E-state index is -0.973. The van der Waals surface area contributed by atoms with Gasteiger partial charge in [0.25, 0.3) is 0 Å². The minimum Gasteiger partial charge on any atom is -0.384 e. The van der Waals surface area contributed by atoms with E-state index in [2.05, 4.69) is 15.3 Å². The van der Waals surface area contributed by atoms with Gasteiger partial charge in [-0.1, -0.05) is 0 Å². The highest BCUT2D eigenvalue weighted by atomic mass is 16.3. The third-order valence-electron chi connectivity index (χ3n) is 1.74. The molecule has 0 spiro atoms. The molecule has 0 bridgehead atoms. The van der Waals surface area contributed by atoms with Crippen LogP contribution < -0.4 is 5.32 Å². The Balaban J connectivity index is 2.44. The Morgan fingerprint density at radius 1 is 1.85 bits per heavy atom. The van der Waals surface area contributed by atoms with Crippen LogP contribution in [-0.2, 0) is 11.3 Å². The second-order valence-electron chi connectivity index (χ2n) is 2.87. The van der Waals surface area contributed by atoms with E-state index in [1.54, 1.807) is 6.33 Å². The molecule has 0 radical (unpaired) electrons. The van der Waals surface area contributed by atoms with Gasteiger partial charge < -0.3 is 15.4 Å². The average molecular weight is 183 g/mol. The van der Waals surface area contributed by atoms with Gasteiger partial charge >= 0.3 is 0 Å². The molecule has 0 aliphatic heterocycles. The summed E-state index contributed by atoms with van der Waals surface area (Å²) in [6.07, 6.45) is 0.596. The molecule has 1 rings (SSSR count). The van der Waals surface area contributed by atoms with Gasteiger partial charge in [0.2, 0.25) is 5.91 Å². The molecule has 0 aliphatic rings. The predicted octanol–water partition coefficient (Wildman–Crippen LogP) is -0.285. The lowest BCUT2D eigenvalue weighted by Gasteiger charge is -2.05. The van der Waals surface area contributed by atoms with Crippen molar-refractivity contribution in [3.63, 3.8) is 0 Å². The first-order valence-electron chi connectivity index (χ1n) is 4.06. The van der Waals surface area contributed by atoms with Gasteiger partial charge in [0.05, 0.1) is 18.6 Å². The zero-order chi connectivity index (χ0) is 9.84. The molecule has 0 aliphatic carbocycles. The molecule has 1 atom stereocenters. The number of amides is 1. The van der Waals surface area contributed by atoms with E-state index in [1.165, 1.54) is 6.92 Å². The van der Waals surface area contributed by atoms with Gasteiger partial charge in [-0.3, -0.25) is 4.79 Å². The van der Waals surface area contributed by atoms with Gasteiger partial charge in [-0.25, -0.2) is 4.98 Å². The van der Waals surface area contributed by atoms with Crippen molar-refractivity contribution in [3.8, 4) is 0 Å². The van der Waals surface area contributed by atoms with Crippen LogP contribution in [0.5, 0.6) is 0 Å². The van der Waals surface area contributed by atoms with Crippen LogP contribution in [0.25, 0.3) is 0 Å². The smallest absolute Gasteiger partial charge is 0.248 e. The third kappa shape index (κ3) is 2.55. The molecule has 3 N–H and O–H groups in total. The highest BCUT2D eigenvalue weighted by Crippen LogP contribution is 1.99. The number of H-pyrrole nitrogens is 1. The van der Waals surface area contributed by atoms with Gasteiger partial charge in [-0.15, -0.1) is 0 Å². The summed E-state index contributed by atoms with van der Waals surface area (Å²) in [5.74, 6) is -0.387. The molecule has 0 saturated heterocycles. The Bertz CT molecular complexity index is 293. The van der Waals surface area contributed by atoms with E-state index in [0.717, 1.165) is 11.4 Å². The molecule has 1 heterocycles. The molecule has 0 unspecified atom stereocenters. The van der Waals surface area contributed by atoms with E-state index in [4.69, 9.17) is 5.11 Å². The predicted molar refractivity (Wildman–Crippen MR) is 46.9 cm³/mol. The maximum Gasteiger partial charge on any atom is 0.248 e. The van der Waals surface area contributed by atoms with Gasteiger partial charge in [-0.2, -0.15) is 0 Å². The number of hydrogen-bond donors (Lipinski definition) is 3. The van der Waals surface area contributed by atoms with Crippen molar-refractivity contribution in [2.45, 2.75) is 26.5 Å². The molecule has 13 heavy (non-hydrogen) atoms. The summed E-state index contributed by atoms with van der Waals surface area (Å²) in [5.41, 5.74) is 1.71. The number of nitrogens with one attached hydrogen (secondary N) is 2. The van der Waals surface area contributed by atoms with Gasteiger partial charge in [0.1, 0.15) is 6.10 Å². The van der Waals surface area contributed by atoms with E-state index < -0.39 is 6.10 Å². The molecule has 72 valence electrons. The van der Waals surface area contributed by atoms with Crippen molar-refractivity contribution in [2.75, 3.05) is 0 Å². The zero-order valence-corrected chi connectivity index (χ0v) is 7.66. The van der Waals surface area contributed by atoms with Crippen LogP contribution in [0.15, 0.2) is 6.33 Å². The Kier molecular flexibility index (Phi) is 3.02. The summed E-state index contributed by atoms with van der Waals surface area (Å²) in [7, 11) is 0. The molecule has 5 nitrogen and oxygen atoms in total. The number of rotatable bonds is 3. The normalized spacial score (nSPS) is 12.5. The highest BCUT2D eigenvalue weighted by molar-refractivity contribution is 5.79. The van der Waals surface area contributed by atoms with E-state index in [0.29, 0.717) is 6.54 Å². The molecule has 1 aromatic rings. The van der Waals surface area contributed by atoms with Crippen LogP contribution in [0.4, 0.5) is 0 Å². The SMILES string of the molecule is Cc1[nH]cnc1CNC(=O)[C@H](C)O. The summed E-state index contributed by atoms with van der Waals surface area (Å²) >= 11 is 0. The van der Waals surface area contributed by atoms with E-state index in [9.17, 15) is 4.79 Å². The summed E-state index contributed by atoms with van der Waals surface area (Å²) in [6, 6.07) is 0. The monoisotopic (exact) mass is 183 g/mol. The Hall–Kier alpha value is -1.36. The number of aliphatic hydroxyl groups excluding tert-OH is 1. The van der Waals surface area contributed by atoms with Crippen LogP contribution in [0, 0.1) is 6.92 Å². The third-order valence-corrected chi connectivity index (χ3v) is 1.74. The zero-order valence-electron chi connectivity index (χ0n) is 7.66. The largest absolute Gasteiger partial charge is 0.384 e. The number of aliphatic hydroxyl groups is 1. The van der Waals surface area contributed by atoms with Crippen LogP contribution in [0.2, 0.25) is 0 Å². The second-order valence-corrected chi connectivity index (χ2v) is 2.87. The van der Waals surface area contributed by atoms with Gasteiger partial charge in [-0.05, 0) is 13.8 Å². The first kappa shape index (κ1) is 9.73. The molecular formula is C8H13N3O2. The first-order valence-corrected chi connectivity index (χ1v) is 4.06. The van der Waals surface area contributed by atoms with E-state index >= 15 is 0 Å². The molecule has 0 fully saturated rings. The maximum atomic E-state index is 11.0. The Morgan fingerprint density at radius 2 is 2.54 bits per heavy atom. The molecule has 5 heteroatoms. The molecule has 1 amide bonds. The van der Waals surface area contributed by atoms with Gasteiger partial charge in [0.15, 0.2) is 0 Å². The Labute approximate surface area is 76.2 Å². The number of carbonyl (C=O) groups is 1. The molecule has 1 aromatic heterocycles. The maximum absolute atomic E-state index is 11.0. The highest BCUT2D eigenvalue weighted by Gasteiger charge is 2.08. The van der Waals surface area contributed by atoms with E-state index in [1.807, 2.05) is 6.92 Å². The van der Waals surface area contributed by atoms with Crippen molar-refractivity contribution in [3.05, 3.63) is 17.7 Å². The summed E-state index contributed by atoms with van der Waals surface area (Å²) in [4.78, 5) is 17.8. The van der Waals surface area contributed by atoms with Crippen LogP contribution in [-0.4, -0.2) is 27.1 Å². The van der Waals surface area contributed by atoms with Crippen LogP contribution in [0.1, 0.15) is 18.3 Å². The number of aryl methyl sites for hydroxylation is 1. The number of aromatic amines is 1. The van der Waals surface area contributed by atoms with Crippen molar-refractivity contribution in [1.82, 2.24) is 15.3 Å². The fourth-order valence-corrected chi connectivity index (χ4v) is 0.884. The van der Waals surface area contributed by atoms with Crippen molar-refractivity contribution < 1.29 is 9.90 Å². The lowest BCUT2D eigenvalue weighted by molar-refractivity contribution is -0.128. The summed E-state index contributed by atoms with van der Waals surface area (Å²) in [5, 5.41) is 11.4. The van der Waals surface area contributed by atoms with Crippen LogP contribution >= 0.6 is 0 Å². The quantitative estimate of drug-likeness (QED) is 0.602. The molecular weight excluding hydrogens is 170 g/mol. The van der Waals surface area contributed by atoms with Crippen LogP contribution in [0.3, 0.4) is 0 Å². The average Bonchev–Trinajstić information content (AvgIpc) is 2.47. The second kappa shape index (κ2) is 4.04. The molecule has 0 saturated carbocycles. The van der Waals surface area contributed by atoms with Crippen molar-refractivity contribution in [2.24, 2.45) is 0 Å². The van der Waals surface area contributed by atoms with Crippen molar-refractivity contribution in [1.29, 1.82) is 0 Å². The first-order chi connectivity index (χ1) is 6.11. The Morgan fingerprint density at radius 3 is 3.00 bits per heavy atom. The number of imidazole rings is 1. The summed E-state index contributed by atoms with van der Waals surface area (Å²) in [6.45, 7) is 3.64. The number of nitrogens with zero attached hydrogens (tertiary/aromatic N) is 1. The molecule has 0 aromatic carbocycles. The lowest BCUT2D eigenvalue weighted by atomic mass is 10.3. The van der Waals surface area contributed by atoms with E-state index in [-0.39, 0.29) is 5.91 Å². The fraction of sp³-hybridized carbons (Fsp3) is 0.500. The minimum absolute atomic E-state index is 0.346. The number of carbonyl (C=O) groups excluding carboxylic acids is 1. The van der Waals surface area contributed by atoms with Gasteiger partial charge in [0, 0.05) is 5.69 Å². The topological polar surface area (TPSA) is 78.0 Å². The number of hydrogen-bond acceptors (Lipinski definition) is 3. The van der Waals surface area contributed by atoms with Crippen molar-refractivity contribution >= 4 is 5.91 Å². The summed E-state index contributed by atoms with van der Waals surface area (Å²) < 4.78 is 0. The fourth-order valence-electron chi connectivity index (χ4n) is 0.884. The lowest BCUT2D eigenvalue weighted by Crippen LogP contribution is -2.32. The number of aromatic nitrogens is 2. The standard InChI is InChI=1S/C8H13N3O2/c1-5-7(11-4-10-5)3-9-8(13)6(2)12/h4,6,12H,3H2,1-2H3,(H,9,13)(H,10,11)/t6-/m0/s1.